The van der Waals surface area contributed by atoms with Crippen molar-refractivity contribution in [2.24, 2.45) is 0 Å². The van der Waals surface area contributed by atoms with Crippen molar-refractivity contribution in [3.63, 3.8) is 0 Å². The minimum Gasteiger partial charge on any atom is -0.465 e. The Labute approximate surface area is 108 Å². The number of carbonyl (C=O) groups is 1. The molecule has 19 heavy (non-hydrogen) atoms. The van der Waals surface area contributed by atoms with Crippen LogP contribution >= 0.6 is 0 Å². The molecule has 1 N–H and O–H groups in total. The fourth-order valence-corrected chi connectivity index (χ4v) is 1.69. The number of nitrogens with zero attached hydrogens (tertiary/aromatic N) is 1. The Morgan fingerprint density at radius 1 is 1.37 bits per heavy atom. The highest BCUT2D eigenvalue weighted by Crippen LogP contribution is 2.16. The normalized spacial score (nSPS) is 10.3. The number of hydrogen-bond acceptors (Lipinski definition) is 4. The zero-order valence-corrected chi connectivity index (χ0v) is 10.4. The van der Waals surface area contributed by atoms with Crippen LogP contribution in [0.2, 0.25) is 0 Å². The summed E-state index contributed by atoms with van der Waals surface area (Å²) >= 11 is 0. The highest BCUT2D eigenvalue weighted by Gasteiger charge is 2.12. The number of methoxy groups -OCH3 is 1. The van der Waals surface area contributed by atoms with Gasteiger partial charge >= 0.3 is 5.97 Å². The van der Waals surface area contributed by atoms with Gasteiger partial charge in [-0.05, 0) is 19.1 Å². The Kier molecular flexibility index (Phi) is 3.41. The number of esters is 1. The van der Waals surface area contributed by atoms with Gasteiger partial charge in [0.15, 0.2) is 11.4 Å². The zero-order valence-electron chi connectivity index (χ0n) is 10.4. The van der Waals surface area contributed by atoms with Crippen molar-refractivity contribution < 1.29 is 13.9 Å². The fourth-order valence-electron chi connectivity index (χ4n) is 1.69. The van der Waals surface area contributed by atoms with Crippen molar-refractivity contribution in [1.29, 1.82) is 0 Å². The lowest BCUT2D eigenvalue weighted by molar-refractivity contribution is 0.0600. The topological polar surface area (TPSA) is 72.0 Å². The largest absolute Gasteiger partial charge is 0.465 e. The summed E-state index contributed by atoms with van der Waals surface area (Å²) < 4.78 is 17.5. The second kappa shape index (κ2) is 5.01. The van der Waals surface area contributed by atoms with Crippen molar-refractivity contribution in [3.05, 3.63) is 51.8 Å². The van der Waals surface area contributed by atoms with E-state index in [2.05, 4.69) is 14.7 Å². The van der Waals surface area contributed by atoms with E-state index in [1.54, 1.807) is 13.0 Å². The molecule has 2 aromatic heterocycles. The van der Waals surface area contributed by atoms with Gasteiger partial charge in [-0.2, -0.15) is 4.39 Å². The molecule has 0 saturated carbocycles. The van der Waals surface area contributed by atoms with Crippen LogP contribution in [-0.4, -0.2) is 23.0 Å². The third kappa shape index (κ3) is 2.67. The lowest BCUT2D eigenvalue weighted by atomic mass is 10.1. The Balaban J connectivity index is 2.59. The summed E-state index contributed by atoms with van der Waals surface area (Å²) in [6.07, 6.45) is 1.22. The molecular formula is C13H11FN2O3. The first-order chi connectivity index (χ1) is 9.01. The van der Waals surface area contributed by atoms with E-state index in [0.717, 1.165) is 6.07 Å². The molecule has 0 aliphatic carbocycles. The van der Waals surface area contributed by atoms with Crippen LogP contribution in [0.1, 0.15) is 16.1 Å². The van der Waals surface area contributed by atoms with E-state index in [4.69, 9.17) is 0 Å². The Hall–Kier alpha value is -2.50. The molecule has 2 aromatic rings. The number of carbonyl (C=O) groups excluding carboxylic acids is 1. The summed E-state index contributed by atoms with van der Waals surface area (Å²) in [5.41, 5.74) is 0.817. The molecule has 6 heteroatoms. The van der Waals surface area contributed by atoms with E-state index >= 15 is 0 Å². The molecule has 0 amide bonds. The van der Waals surface area contributed by atoms with Gasteiger partial charge in [-0.1, -0.05) is 0 Å². The number of ether oxygens (including phenoxy) is 1. The molecule has 0 unspecified atom stereocenters. The number of pyridine rings is 2. The lowest BCUT2D eigenvalue weighted by Gasteiger charge is -2.05. The third-order valence-electron chi connectivity index (χ3n) is 2.53. The predicted molar refractivity (Wildman–Crippen MR) is 66.3 cm³/mol. The van der Waals surface area contributed by atoms with Crippen molar-refractivity contribution in [2.45, 2.75) is 6.92 Å². The molecular weight excluding hydrogens is 251 g/mol. The van der Waals surface area contributed by atoms with Crippen LogP contribution in [0, 0.1) is 12.9 Å². The molecule has 0 spiro atoms. The van der Waals surface area contributed by atoms with Gasteiger partial charge in [0.25, 0.3) is 0 Å². The van der Waals surface area contributed by atoms with Crippen LogP contribution in [0.4, 0.5) is 4.39 Å². The van der Waals surface area contributed by atoms with E-state index in [1.165, 1.54) is 19.4 Å². The number of halogens is 1. The van der Waals surface area contributed by atoms with Crippen LogP contribution in [0.5, 0.6) is 0 Å². The summed E-state index contributed by atoms with van der Waals surface area (Å²) in [6.45, 7) is 1.69. The number of aryl methyl sites for hydroxylation is 1. The van der Waals surface area contributed by atoms with E-state index in [9.17, 15) is 14.0 Å². The maximum atomic E-state index is 12.9. The number of hydrogen-bond donors (Lipinski definition) is 1. The molecule has 0 saturated heterocycles. The smallest absolute Gasteiger partial charge is 0.337 e. The van der Waals surface area contributed by atoms with Crippen molar-refractivity contribution in [1.82, 2.24) is 9.97 Å². The minimum absolute atomic E-state index is 0.190. The van der Waals surface area contributed by atoms with Gasteiger partial charge < -0.3 is 9.72 Å². The molecule has 0 aromatic carbocycles. The fraction of sp³-hybridized carbons (Fsp3) is 0.154. The first kappa shape index (κ1) is 12.9. The van der Waals surface area contributed by atoms with E-state index < -0.39 is 17.3 Å². The van der Waals surface area contributed by atoms with Gasteiger partial charge in [0.05, 0.1) is 23.9 Å². The van der Waals surface area contributed by atoms with Crippen LogP contribution in [0.15, 0.2) is 29.2 Å². The Morgan fingerprint density at radius 2 is 2.11 bits per heavy atom. The minimum atomic E-state index is -0.727. The van der Waals surface area contributed by atoms with Crippen LogP contribution in [0.3, 0.4) is 0 Å². The molecule has 0 fully saturated rings. The summed E-state index contributed by atoms with van der Waals surface area (Å²) in [5, 5.41) is 0. The standard InChI is InChI=1S/C13H11FN2O3/c1-7-3-8(13(18)19-2)4-10(16-7)9-6-15-12(14)5-11(9)17/h3-6H,1-2H3,(H,15,17). The first-order valence-corrected chi connectivity index (χ1v) is 5.47. The Morgan fingerprint density at radius 3 is 2.74 bits per heavy atom. The summed E-state index contributed by atoms with van der Waals surface area (Å²) in [6, 6.07) is 3.81. The number of H-pyrrole nitrogens is 1. The first-order valence-electron chi connectivity index (χ1n) is 5.47. The molecule has 0 aliphatic heterocycles. The number of aromatic nitrogens is 2. The molecule has 2 rings (SSSR count). The van der Waals surface area contributed by atoms with Crippen LogP contribution in [-0.2, 0) is 4.74 Å². The van der Waals surface area contributed by atoms with Crippen molar-refractivity contribution >= 4 is 5.97 Å². The van der Waals surface area contributed by atoms with Gasteiger partial charge in [-0.3, -0.25) is 9.78 Å². The van der Waals surface area contributed by atoms with Crippen LogP contribution in [0.25, 0.3) is 11.3 Å². The van der Waals surface area contributed by atoms with Gasteiger partial charge in [0.1, 0.15) is 0 Å². The number of nitrogens with one attached hydrogen (secondary N) is 1. The van der Waals surface area contributed by atoms with Crippen LogP contribution < -0.4 is 5.43 Å². The second-order valence-electron chi connectivity index (χ2n) is 3.93. The van der Waals surface area contributed by atoms with E-state index in [0.29, 0.717) is 11.4 Å². The third-order valence-corrected chi connectivity index (χ3v) is 2.53. The highest BCUT2D eigenvalue weighted by molar-refractivity contribution is 5.90. The zero-order chi connectivity index (χ0) is 14.0. The summed E-state index contributed by atoms with van der Waals surface area (Å²) in [5.74, 6) is -1.25. The number of aromatic amines is 1. The monoisotopic (exact) mass is 262 g/mol. The summed E-state index contributed by atoms with van der Waals surface area (Å²) in [7, 11) is 1.27. The predicted octanol–water partition coefficient (Wildman–Crippen LogP) is 1.67. The lowest BCUT2D eigenvalue weighted by Crippen LogP contribution is -2.09. The molecule has 0 radical (unpaired) electrons. The maximum absolute atomic E-state index is 12.9. The quantitative estimate of drug-likeness (QED) is 0.660. The van der Waals surface area contributed by atoms with Gasteiger partial charge in [0.2, 0.25) is 0 Å². The van der Waals surface area contributed by atoms with Gasteiger partial charge in [-0.25, -0.2) is 4.79 Å². The average Bonchev–Trinajstić information content (AvgIpc) is 2.37. The van der Waals surface area contributed by atoms with E-state index in [1.807, 2.05) is 0 Å². The van der Waals surface area contributed by atoms with E-state index in [-0.39, 0.29) is 11.1 Å². The maximum Gasteiger partial charge on any atom is 0.337 e. The molecule has 2 heterocycles. The van der Waals surface area contributed by atoms with Crippen molar-refractivity contribution in [2.75, 3.05) is 7.11 Å². The van der Waals surface area contributed by atoms with Gasteiger partial charge in [0, 0.05) is 18.0 Å². The molecule has 0 atom stereocenters. The summed E-state index contributed by atoms with van der Waals surface area (Å²) in [4.78, 5) is 29.6. The highest BCUT2D eigenvalue weighted by atomic mass is 19.1. The second-order valence-corrected chi connectivity index (χ2v) is 3.93. The van der Waals surface area contributed by atoms with Crippen molar-refractivity contribution in [3.8, 4) is 11.3 Å². The average molecular weight is 262 g/mol. The molecule has 98 valence electrons. The molecule has 0 aliphatic rings. The number of rotatable bonds is 2. The molecule has 5 nitrogen and oxygen atoms in total. The SMILES string of the molecule is COC(=O)c1cc(C)nc(-c2c[nH]c(F)cc2=O)c1. The van der Waals surface area contributed by atoms with Gasteiger partial charge in [-0.15, -0.1) is 0 Å². The Bertz CT molecular complexity index is 695. The molecule has 0 bridgehead atoms.